The van der Waals surface area contributed by atoms with Gasteiger partial charge in [0, 0.05) is 11.3 Å². The normalized spacial score (nSPS) is 17.5. The molecule has 1 aromatic carbocycles. The number of H-pyrrole nitrogens is 1. The largest absolute Gasteiger partial charge is 0.387 e. The highest BCUT2D eigenvalue weighted by Gasteiger charge is 2.30. The van der Waals surface area contributed by atoms with Gasteiger partial charge in [-0.2, -0.15) is 0 Å². The van der Waals surface area contributed by atoms with Crippen LogP contribution in [0.2, 0.25) is 0 Å². The molecule has 0 radical (unpaired) electrons. The van der Waals surface area contributed by atoms with Crippen LogP contribution in [0.4, 0.5) is 0 Å². The molecule has 2 unspecified atom stereocenters. The van der Waals surface area contributed by atoms with E-state index >= 15 is 0 Å². The predicted octanol–water partition coefficient (Wildman–Crippen LogP) is 2.74. The van der Waals surface area contributed by atoms with Gasteiger partial charge in [-0.15, -0.1) is 5.10 Å². The standard InChI is InChI=1S/C16H21N3O2S/c1-9-4-5-10(2)13(8-9)14(20)11(3)22-16-18-17-15(21)19(16)12-6-7-12/h4-5,8,11-12,14,20H,6-7H2,1-3H3,(H,17,21). The zero-order chi connectivity index (χ0) is 15.9. The van der Waals surface area contributed by atoms with Crippen LogP contribution in [0, 0.1) is 13.8 Å². The number of nitrogens with zero attached hydrogens (tertiary/aromatic N) is 2. The third kappa shape index (κ3) is 2.98. The van der Waals surface area contributed by atoms with E-state index in [-0.39, 0.29) is 17.0 Å². The van der Waals surface area contributed by atoms with Crippen LogP contribution in [-0.2, 0) is 0 Å². The number of aromatic amines is 1. The van der Waals surface area contributed by atoms with Crippen molar-refractivity contribution >= 4 is 11.8 Å². The number of aryl methyl sites for hydroxylation is 2. The van der Waals surface area contributed by atoms with Crippen molar-refractivity contribution in [3.63, 3.8) is 0 Å². The summed E-state index contributed by atoms with van der Waals surface area (Å²) in [7, 11) is 0. The summed E-state index contributed by atoms with van der Waals surface area (Å²) in [5.41, 5.74) is 2.99. The molecular weight excluding hydrogens is 298 g/mol. The maximum Gasteiger partial charge on any atom is 0.344 e. The van der Waals surface area contributed by atoms with Crippen LogP contribution in [-0.4, -0.2) is 25.1 Å². The summed E-state index contributed by atoms with van der Waals surface area (Å²) in [6.45, 7) is 5.99. The SMILES string of the molecule is Cc1ccc(C)c(C(O)C(C)Sc2n[nH]c(=O)n2C2CC2)c1. The number of aliphatic hydroxyl groups is 1. The average Bonchev–Trinajstić information content (AvgIpc) is 3.25. The monoisotopic (exact) mass is 319 g/mol. The highest BCUT2D eigenvalue weighted by Crippen LogP contribution is 2.38. The van der Waals surface area contributed by atoms with Gasteiger partial charge in [-0.05, 0) is 44.7 Å². The van der Waals surface area contributed by atoms with Crippen LogP contribution < -0.4 is 5.69 Å². The van der Waals surface area contributed by atoms with Gasteiger partial charge in [-0.3, -0.25) is 4.57 Å². The zero-order valence-corrected chi connectivity index (χ0v) is 13.9. The predicted molar refractivity (Wildman–Crippen MR) is 87.3 cm³/mol. The van der Waals surface area contributed by atoms with Crippen LogP contribution in [0.5, 0.6) is 0 Å². The van der Waals surface area contributed by atoms with Gasteiger partial charge in [0.25, 0.3) is 0 Å². The quantitative estimate of drug-likeness (QED) is 0.831. The molecule has 1 fully saturated rings. The van der Waals surface area contributed by atoms with Crippen molar-refractivity contribution in [2.75, 3.05) is 0 Å². The van der Waals surface area contributed by atoms with E-state index in [1.807, 2.05) is 39.0 Å². The molecule has 1 aliphatic carbocycles. The molecule has 0 aliphatic heterocycles. The van der Waals surface area contributed by atoms with Crippen molar-refractivity contribution in [1.29, 1.82) is 0 Å². The molecule has 1 aliphatic rings. The maximum atomic E-state index is 11.8. The molecule has 0 amide bonds. The van der Waals surface area contributed by atoms with Crippen molar-refractivity contribution in [2.45, 2.75) is 56.2 Å². The van der Waals surface area contributed by atoms with Gasteiger partial charge < -0.3 is 5.11 Å². The fourth-order valence-corrected chi connectivity index (χ4v) is 3.64. The molecular formula is C16H21N3O2S. The molecule has 22 heavy (non-hydrogen) atoms. The number of benzene rings is 1. The van der Waals surface area contributed by atoms with Gasteiger partial charge in [-0.1, -0.05) is 35.5 Å². The minimum Gasteiger partial charge on any atom is -0.387 e. The van der Waals surface area contributed by atoms with Gasteiger partial charge in [0.1, 0.15) is 0 Å². The molecule has 0 spiro atoms. The molecule has 1 heterocycles. The second-order valence-electron chi connectivity index (χ2n) is 6.04. The lowest BCUT2D eigenvalue weighted by atomic mass is 9.99. The van der Waals surface area contributed by atoms with E-state index in [1.165, 1.54) is 11.8 Å². The molecule has 0 saturated heterocycles. The first-order valence-corrected chi connectivity index (χ1v) is 8.44. The summed E-state index contributed by atoms with van der Waals surface area (Å²) in [6, 6.07) is 6.37. The number of aliphatic hydroxyl groups excluding tert-OH is 1. The van der Waals surface area contributed by atoms with Crippen molar-refractivity contribution in [1.82, 2.24) is 14.8 Å². The van der Waals surface area contributed by atoms with Crippen molar-refractivity contribution in [2.24, 2.45) is 0 Å². The average molecular weight is 319 g/mol. The summed E-state index contributed by atoms with van der Waals surface area (Å²) in [5.74, 6) is 0. The summed E-state index contributed by atoms with van der Waals surface area (Å²) < 4.78 is 1.72. The molecule has 2 aromatic rings. The third-order valence-corrected chi connectivity index (χ3v) is 5.20. The topological polar surface area (TPSA) is 70.9 Å². The maximum absolute atomic E-state index is 11.8. The van der Waals surface area contributed by atoms with Gasteiger partial charge >= 0.3 is 5.69 Å². The van der Waals surface area contributed by atoms with Crippen LogP contribution in [0.25, 0.3) is 0 Å². The highest BCUT2D eigenvalue weighted by molar-refractivity contribution is 7.99. The van der Waals surface area contributed by atoms with Crippen molar-refractivity contribution in [3.05, 3.63) is 45.4 Å². The molecule has 6 heteroatoms. The molecule has 1 aromatic heterocycles. The molecule has 3 rings (SSSR count). The Labute approximate surface area is 133 Å². The molecule has 5 nitrogen and oxygen atoms in total. The van der Waals surface area contributed by atoms with Crippen LogP contribution >= 0.6 is 11.8 Å². The molecule has 1 saturated carbocycles. The number of nitrogens with one attached hydrogen (secondary N) is 1. The van der Waals surface area contributed by atoms with E-state index in [4.69, 9.17) is 0 Å². The first-order chi connectivity index (χ1) is 10.5. The number of hydrogen-bond acceptors (Lipinski definition) is 4. The minimum absolute atomic E-state index is 0.0896. The Kier molecular flexibility index (Phi) is 4.14. The van der Waals surface area contributed by atoms with Gasteiger partial charge in [-0.25, -0.2) is 9.89 Å². The lowest BCUT2D eigenvalue weighted by Gasteiger charge is -2.20. The first-order valence-electron chi connectivity index (χ1n) is 7.56. The molecule has 118 valence electrons. The molecule has 0 bridgehead atoms. The van der Waals surface area contributed by atoms with E-state index in [2.05, 4.69) is 10.2 Å². The fourth-order valence-electron chi connectivity index (χ4n) is 2.59. The van der Waals surface area contributed by atoms with E-state index in [1.54, 1.807) is 4.57 Å². The Bertz CT molecular complexity index is 733. The van der Waals surface area contributed by atoms with E-state index in [9.17, 15) is 9.90 Å². The number of hydrogen-bond donors (Lipinski definition) is 2. The third-order valence-electron chi connectivity index (χ3n) is 4.07. The minimum atomic E-state index is -0.593. The lowest BCUT2D eigenvalue weighted by Crippen LogP contribution is -2.18. The van der Waals surface area contributed by atoms with Crippen LogP contribution in [0.1, 0.15) is 48.6 Å². The van der Waals surface area contributed by atoms with Crippen molar-refractivity contribution < 1.29 is 5.11 Å². The summed E-state index contributed by atoms with van der Waals surface area (Å²) in [5, 5.41) is 17.9. The number of aromatic nitrogens is 3. The summed E-state index contributed by atoms with van der Waals surface area (Å²) in [4.78, 5) is 11.8. The Balaban J connectivity index is 1.81. The van der Waals surface area contributed by atoms with E-state index in [0.29, 0.717) is 5.16 Å². The smallest absolute Gasteiger partial charge is 0.344 e. The van der Waals surface area contributed by atoms with E-state index in [0.717, 1.165) is 29.5 Å². The number of rotatable bonds is 5. The summed E-state index contributed by atoms with van der Waals surface area (Å²) >= 11 is 1.45. The second kappa shape index (κ2) is 5.93. The Morgan fingerprint density at radius 2 is 2.14 bits per heavy atom. The van der Waals surface area contributed by atoms with Crippen LogP contribution in [0.3, 0.4) is 0 Å². The van der Waals surface area contributed by atoms with Gasteiger partial charge in [0.15, 0.2) is 5.16 Å². The fraction of sp³-hybridized carbons (Fsp3) is 0.500. The lowest BCUT2D eigenvalue weighted by molar-refractivity contribution is 0.178. The number of thioether (sulfide) groups is 1. The summed E-state index contributed by atoms with van der Waals surface area (Å²) in [6.07, 6.45) is 1.46. The van der Waals surface area contributed by atoms with E-state index < -0.39 is 6.10 Å². The Morgan fingerprint density at radius 3 is 2.82 bits per heavy atom. The second-order valence-corrected chi connectivity index (χ2v) is 7.38. The first kappa shape index (κ1) is 15.4. The molecule has 2 N–H and O–H groups in total. The van der Waals surface area contributed by atoms with Crippen molar-refractivity contribution in [3.8, 4) is 0 Å². The Hall–Kier alpha value is -1.53. The zero-order valence-electron chi connectivity index (χ0n) is 13.0. The molecule has 2 atom stereocenters. The van der Waals surface area contributed by atoms with Gasteiger partial charge in [0.05, 0.1) is 6.10 Å². The Morgan fingerprint density at radius 1 is 1.41 bits per heavy atom. The highest BCUT2D eigenvalue weighted by atomic mass is 32.2. The van der Waals surface area contributed by atoms with Crippen LogP contribution in [0.15, 0.2) is 28.2 Å². The van der Waals surface area contributed by atoms with Gasteiger partial charge in [0.2, 0.25) is 0 Å².